The van der Waals surface area contributed by atoms with Crippen LogP contribution in [0.4, 0.5) is 4.39 Å². The van der Waals surface area contributed by atoms with Gasteiger partial charge in [0.2, 0.25) is 0 Å². The molecule has 1 fully saturated rings. The standard InChI is InChI=1S/C17H24FN5O/c1-12-4-5-16(22(12)3)17(24)19-8-15-6-14(18)11-23(15)10-13-7-20-21(2)9-13/h4-5,7,9,14-15H,6,8,10-11H2,1-3H3,(H,19,24)/t14-,15-/m0/s1. The second-order valence-electron chi connectivity index (χ2n) is 6.57. The molecule has 2 atom stereocenters. The van der Waals surface area contributed by atoms with Gasteiger partial charge in [0.05, 0.1) is 6.20 Å². The second-order valence-corrected chi connectivity index (χ2v) is 6.57. The van der Waals surface area contributed by atoms with E-state index >= 15 is 0 Å². The zero-order valence-corrected chi connectivity index (χ0v) is 14.4. The lowest BCUT2D eigenvalue weighted by molar-refractivity contribution is 0.0931. The van der Waals surface area contributed by atoms with Crippen LogP contribution >= 0.6 is 0 Å². The molecule has 0 saturated carbocycles. The topological polar surface area (TPSA) is 55.1 Å². The largest absolute Gasteiger partial charge is 0.349 e. The summed E-state index contributed by atoms with van der Waals surface area (Å²) in [6.45, 7) is 3.46. The number of alkyl halides is 1. The van der Waals surface area contributed by atoms with Gasteiger partial charge in [0.25, 0.3) is 5.91 Å². The molecule has 0 bridgehead atoms. The molecular formula is C17H24FN5O. The highest BCUT2D eigenvalue weighted by Gasteiger charge is 2.32. The molecule has 2 aromatic rings. The Labute approximate surface area is 141 Å². The van der Waals surface area contributed by atoms with E-state index in [1.807, 2.05) is 43.9 Å². The van der Waals surface area contributed by atoms with E-state index in [4.69, 9.17) is 0 Å². The van der Waals surface area contributed by atoms with Gasteiger partial charge >= 0.3 is 0 Å². The fraction of sp³-hybridized carbons (Fsp3) is 0.529. The van der Waals surface area contributed by atoms with Crippen molar-refractivity contribution in [2.24, 2.45) is 14.1 Å². The van der Waals surface area contributed by atoms with Crippen molar-refractivity contribution in [3.05, 3.63) is 41.5 Å². The summed E-state index contributed by atoms with van der Waals surface area (Å²) in [6.07, 6.45) is 3.34. The zero-order valence-electron chi connectivity index (χ0n) is 14.4. The fourth-order valence-electron chi connectivity index (χ4n) is 3.26. The predicted octanol–water partition coefficient (Wildman–Crippen LogP) is 1.41. The number of nitrogens with one attached hydrogen (secondary N) is 1. The van der Waals surface area contributed by atoms with E-state index in [0.717, 1.165) is 11.3 Å². The van der Waals surface area contributed by atoms with Crippen molar-refractivity contribution in [3.63, 3.8) is 0 Å². The molecule has 7 heteroatoms. The summed E-state index contributed by atoms with van der Waals surface area (Å²) in [5.41, 5.74) is 2.71. The zero-order chi connectivity index (χ0) is 17.3. The van der Waals surface area contributed by atoms with Crippen LogP contribution in [0.3, 0.4) is 0 Å². The minimum Gasteiger partial charge on any atom is -0.349 e. The van der Waals surface area contributed by atoms with Crippen LogP contribution in [0.15, 0.2) is 24.5 Å². The van der Waals surface area contributed by atoms with Gasteiger partial charge in [-0.15, -0.1) is 0 Å². The van der Waals surface area contributed by atoms with Gasteiger partial charge in [-0.3, -0.25) is 14.4 Å². The summed E-state index contributed by atoms with van der Waals surface area (Å²) in [5.74, 6) is -0.116. The molecule has 3 heterocycles. The van der Waals surface area contributed by atoms with E-state index in [9.17, 15) is 9.18 Å². The van der Waals surface area contributed by atoms with Crippen LogP contribution in [0.25, 0.3) is 0 Å². The first-order chi connectivity index (χ1) is 11.4. The van der Waals surface area contributed by atoms with Crippen LogP contribution in [-0.4, -0.2) is 50.5 Å². The van der Waals surface area contributed by atoms with Gasteiger partial charge in [0.1, 0.15) is 11.9 Å². The Bertz CT molecular complexity index is 722. The second kappa shape index (κ2) is 6.76. The molecule has 1 aliphatic rings. The van der Waals surface area contributed by atoms with Gasteiger partial charge in [-0.2, -0.15) is 5.10 Å². The molecule has 24 heavy (non-hydrogen) atoms. The molecule has 0 spiro atoms. The molecule has 6 nitrogen and oxygen atoms in total. The Balaban J connectivity index is 1.60. The van der Waals surface area contributed by atoms with E-state index < -0.39 is 6.17 Å². The summed E-state index contributed by atoms with van der Waals surface area (Å²) in [7, 11) is 3.73. The van der Waals surface area contributed by atoms with Crippen molar-refractivity contribution in [1.29, 1.82) is 0 Å². The average Bonchev–Trinajstić information content (AvgIpc) is 3.19. The Morgan fingerprint density at radius 2 is 2.21 bits per heavy atom. The van der Waals surface area contributed by atoms with Crippen molar-refractivity contribution in [2.75, 3.05) is 13.1 Å². The van der Waals surface area contributed by atoms with Crippen molar-refractivity contribution >= 4 is 5.91 Å². The van der Waals surface area contributed by atoms with Crippen LogP contribution in [0.2, 0.25) is 0 Å². The highest BCUT2D eigenvalue weighted by Crippen LogP contribution is 2.22. The van der Waals surface area contributed by atoms with E-state index in [2.05, 4.69) is 15.3 Å². The number of aryl methyl sites for hydroxylation is 2. The smallest absolute Gasteiger partial charge is 0.267 e. The first kappa shape index (κ1) is 16.7. The maximum atomic E-state index is 13.9. The van der Waals surface area contributed by atoms with Crippen LogP contribution in [0, 0.1) is 6.92 Å². The van der Waals surface area contributed by atoms with Gasteiger partial charge in [-0.05, 0) is 25.5 Å². The molecule has 0 aromatic carbocycles. The Morgan fingerprint density at radius 1 is 1.42 bits per heavy atom. The summed E-state index contributed by atoms with van der Waals surface area (Å²) < 4.78 is 17.5. The number of carbonyl (C=O) groups excluding carboxylic acids is 1. The highest BCUT2D eigenvalue weighted by atomic mass is 19.1. The fourth-order valence-corrected chi connectivity index (χ4v) is 3.26. The third-order valence-electron chi connectivity index (χ3n) is 4.72. The normalized spacial score (nSPS) is 21.3. The molecule has 130 valence electrons. The van der Waals surface area contributed by atoms with Gasteiger partial charge in [-0.1, -0.05) is 0 Å². The number of hydrogen-bond acceptors (Lipinski definition) is 3. The average molecular weight is 333 g/mol. The number of carbonyl (C=O) groups is 1. The number of halogens is 1. The number of hydrogen-bond donors (Lipinski definition) is 1. The minimum atomic E-state index is -0.846. The number of amides is 1. The van der Waals surface area contributed by atoms with Gasteiger partial charge < -0.3 is 9.88 Å². The maximum absolute atomic E-state index is 13.9. The number of aromatic nitrogens is 3. The SMILES string of the molecule is Cc1ccc(C(=O)NC[C@@H]2C[C@H](F)CN2Cc2cnn(C)c2)n1C. The van der Waals surface area contributed by atoms with Crippen LogP contribution in [-0.2, 0) is 20.6 Å². The predicted molar refractivity (Wildman–Crippen MR) is 89.4 cm³/mol. The van der Waals surface area contributed by atoms with Crippen molar-refractivity contribution in [2.45, 2.75) is 32.1 Å². The lowest BCUT2D eigenvalue weighted by atomic mass is 10.2. The number of likely N-dealkylation sites (tertiary alicyclic amines) is 1. The maximum Gasteiger partial charge on any atom is 0.267 e. The van der Waals surface area contributed by atoms with Gasteiger partial charge in [0, 0.05) is 57.2 Å². The summed E-state index contributed by atoms with van der Waals surface area (Å²) >= 11 is 0. The van der Waals surface area contributed by atoms with Crippen LogP contribution in [0.5, 0.6) is 0 Å². The van der Waals surface area contributed by atoms with Crippen LogP contribution < -0.4 is 5.32 Å². The molecule has 1 amide bonds. The van der Waals surface area contributed by atoms with E-state index in [0.29, 0.717) is 31.7 Å². The van der Waals surface area contributed by atoms with Crippen molar-refractivity contribution in [3.8, 4) is 0 Å². The van der Waals surface area contributed by atoms with Crippen molar-refractivity contribution in [1.82, 2.24) is 24.6 Å². The monoisotopic (exact) mass is 333 g/mol. The first-order valence-corrected chi connectivity index (χ1v) is 8.20. The third kappa shape index (κ3) is 3.51. The third-order valence-corrected chi connectivity index (χ3v) is 4.72. The highest BCUT2D eigenvalue weighted by molar-refractivity contribution is 5.92. The molecule has 1 N–H and O–H groups in total. The molecule has 2 aromatic heterocycles. The molecular weight excluding hydrogens is 309 g/mol. The number of rotatable bonds is 5. The molecule has 1 aliphatic heterocycles. The minimum absolute atomic E-state index is 0.00511. The first-order valence-electron chi connectivity index (χ1n) is 8.20. The molecule has 0 aliphatic carbocycles. The summed E-state index contributed by atoms with van der Waals surface area (Å²) in [5, 5.41) is 7.10. The molecule has 0 radical (unpaired) electrons. The van der Waals surface area contributed by atoms with Crippen LogP contribution in [0.1, 0.15) is 28.2 Å². The molecule has 0 unspecified atom stereocenters. The Hall–Kier alpha value is -2.15. The number of nitrogens with zero attached hydrogens (tertiary/aromatic N) is 4. The van der Waals surface area contributed by atoms with Gasteiger partial charge in [-0.25, -0.2) is 4.39 Å². The lowest BCUT2D eigenvalue weighted by Gasteiger charge is -2.23. The lowest BCUT2D eigenvalue weighted by Crippen LogP contribution is -2.40. The van der Waals surface area contributed by atoms with E-state index in [1.54, 1.807) is 10.9 Å². The Kier molecular flexibility index (Phi) is 4.71. The quantitative estimate of drug-likeness (QED) is 0.900. The van der Waals surface area contributed by atoms with Gasteiger partial charge in [0.15, 0.2) is 0 Å². The van der Waals surface area contributed by atoms with E-state index in [-0.39, 0.29) is 11.9 Å². The molecule has 1 saturated heterocycles. The summed E-state index contributed by atoms with van der Waals surface area (Å²) in [4.78, 5) is 14.4. The Morgan fingerprint density at radius 3 is 2.83 bits per heavy atom. The van der Waals surface area contributed by atoms with E-state index in [1.165, 1.54) is 0 Å². The van der Waals surface area contributed by atoms with Crippen molar-refractivity contribution < 1.29 is 9.18 Å². The molecule has 3 rings (SSSR count). The summed E-state index contributed by atoms with van der Waals surface area (Å²) in [6, 6.07) is 3.73.